The molecule has 1 aliphatic heterocycles. The number of ether oxygens (including phenoxy) is 2. The second-order valence-electron chi connectivity index (χ2n) is 6.09. The van der Waals surface area contributed by atoms with Crippen molar-refractivity contribution in [3.63, 3.8) is 0 Å². The monoisotopic (exact) mass is 335 g/mol. The highest BCUT2D eigenvalue weighted by Gasteiger charge is 2.25. The van der Waals surface area contributed by atoms with E-state index in [-0.39, 0.29) is 5.91 Å². The Morgan fingerprint density at radius 1 is 1.35 bits per heavy atom. The summed E-state index contributed by atoms with van der Waals surface area (Å²) < 4.78 is 11.1. The van der Waals surface area contributed by atoms with Crippen LogP contribution in [0.2, 0.25) is 5.02 Å². The minimum Gasteiger partial charge on any atom is -0.486 e. The molecule has 1 aromatic carbocycles. The van der Waals surface area contributed by atoms with Crippen molar-refractivity contribution >= 4 is 23.6 Å². The van der Waals surface area contributed by atoms with Crippen molar-refractivity contribution in [2.24, 2.45) is 5.92 Å². The first kappa shape index (κ1) is 16.2. The van der Waals surface area contributed by atoms with E-state index in [1.54, 1.807) is 18.2 Å². The van der Waals surface area contributed by atoms with E-state index in [4.69, 9.17) is 21.1 Å². The van der Waals surface area contributed by atoms with E-state index in [1.165, 1.54) is 12.8 Å². The summed E-state index contributed by atoms with van der Waals surface area (Å²) >= 11 is 6.22. The molecule has 1 saturated carbocycles. The number of hydrogen-bond acceptors (Lipinski definition) is 3. The van der Waals surface area contributed by atoms with E-state index in [0.29, 0.717) is 35.7 Å². The van der Waals surface area contributed by atoms with Crippen LogP contribution in [-0.2, 0) is 4.79 Å². The molecular weight excluding hydrogens is 314 g/mol. The van der Waals surface area contributed by atoms with Crippen LogP contribution in [-0.4, -0.2) is 37.1 Å². The van der Waals surface area contributed by atoms with Crippen LogP contribution in [0.1, 0.15) is 31.7 Å². The van der Waals surface area contributed by atoms with Gasteiger partial charge in [0.1, 0.15) is 13.2 Å². The molecule has 5 heteroatoms. The maximum absolute atomic E-state index is 12.4. The topological polar surface area (TPSA) is 38.8 Å². The number of carbonyl (C=O) groups excluding carboxylic acids is 1. The lowest BCUT2D eigenvalue weighted by Crippen LogP contribution is -2.32. The van der Waals surface area contributed by atoms with Gasteiger partial charge in [-0.3, -0.25) is 4.79 Å². The number of carbonyl (C=O) groups is 1. The summed E-state index contributed by atoms with van der Waals surface area (Å²) in [5, 5.41) is 0.512. The van der Waals surface area contributed by atoms with Crippen LogP contribution < -0.4 is 9.47 Å². The van der Waals surface area contributed by atoms with Crippen molar-refractivity contribution in [1.82, 2.24) is 4.90 Å². The number of fused-ring (bicyclic) bond motifs is 1. The first-order valence-corrected chi connectivity index (χ1v) is 8.61. The number of hydrogen-bond donors (Lipinski definition) is 0. The fourth-order valence-electron chi connectivity index (χ4n) is 2.67. The lowest BCUT2D eigenvalue weighted by atomic mass is 10.1. The first-order valence-electron chi connectivity index (χ1n) is 8.23. The van der Waals surface area contributed by atoms with Gasteiger partial charge in [-0.05, 0) is 49.0 Å². The van der Waals surface area contributed by atoms with Crippen LogP contribution in [0.5, 0.6) is 11.5 Å². The van der Waals surface area contributed by atoms with E-state index < -0.39 is 0 Å². The molecule has 0 unspecified atom stereocenters. The van der Waals surface area contributed by atoms with Crippen molar-refractivity contribution in [3.8, 4) is 11.5 Å². The Bertz CT molecular complexity index is 611. The quantitative estimate of drug-likeness (QED) is 0.743. The number of halogens is 1. The second-order valence-corrected chi connectivity index (χ2v) is 6.50. The fourth-order valence-corrected chi connectivity index (χ4v) is 2.95. The van der Waals surface area contributed by atoms with Crippen LogP contribution in [0.25, 0.3) is 6.08 Å². The highest BCUT2D eigenvalue weighted by atomic mass is 35.5. The standard InChI is InChI=1S/C18H22ClNO3/c1-2-7-20(12-13-3-4-13)17(21)6-5-14-10-15(19)18-16(11-14)22-8-9-23-18/h5-6,10-11,13H,2-4,7-9,12H2,1H3. The Morgan fingerprint density at radius 2 is 2.13 bits per heavy atom. The molecule has 124 valence electrons. The molecule has 1 aromatic rings. The Labute approximate surface area is 142 Å². The number of benzene rings is 1. The molecule has 0 N–H and O–H groups in total. The summed E-state index contributed by atoms with van der Waals surface area (Å²) in [6, 6.07) is 3.65. The Kier molecular flexibility index (Phi) is 5.11. The van der Waals surface area contributed by atoms with Gasteiger partial charge >= 0.3 is 0 Å². The normalized spacial score (nSPS) is 16.6. The smallest absolute Gasteiger partial charge is 0.246 e. The zero-order valence-electron chi connectivity index (χ0n) is 13.4. The maximum Gasteiger partial charge on any atom is 0.246 e. The highest BCUT2D eigenvalue weighted by molar-refractivity contribution is 6.32. The molecular formula is C18H22ClNO3. The van der Waals surface area contributed by atoms with Gasteiger partial charge in [-0.25, -0.2) is 0 Å². The average molecular weight is 336 g/mol. The lowest BCUT2D eigenvalue weighted by Gasteiger charge is -2.21. The van der Waals surface area contributed by atoms with Crippen LogP contribution in [0.4, 0.5) is 0 Å². The summed E-state index contributed by atoms with van der Waals surface area (Å²) in [5.41, 5.74) is 0.843. The molecule has 1 heterocycles. The molecule has 1 fully saturated rings. The molecule has 2 aliphatic rings. The van der Waals surface area contributed by atoms with Crippen LogP contribution in [0.15, 0.2) is 18.2 Å². The molecule has 0 saturated heterocycles. The molecule has 0 spiro atoms. The Balaban J connectivity index is 1.70. The van der Waals surface area contributed by atoms with Crippen molar-refractivity contribution in [3.05, 3.63) is 28.8 Å². The predicted molar refractivity (Wildman–Crippen MR) is 91.1 cm³/mol. The molecule has 23 heavy (non-hydrogen) atoms. The zero-order valence-corrected chi connectivity index (χ0v) is 14.1. The number of amides is 1. The van der Waals surface area contributed by atoms with E-state index >= 15 is 0 Å². The van der Waals surface area contributed by atoms with Crippen LogP contribution >= 0.6 is 11.6 Å². The molecule has 0 aromatic heterocycles. The van der Waals surface area contributed by atoms with Gasteiger partial charge in [-0.15, -0.1) is 0 Å². The summed E-state index contributed by atoms with van der Waals surface area (Å²) in [5.74, 6) is 1.98. The highest BCUT2D eigenvalue weighted by Crippen LogP contribution is 2.38. The van der Waals surface area contributed by atoms with Crippen molar-refractivity contribution in [1.29, 1.82) is 0 Å². The van der Waals surface area contributed by atoms with Gasteiger partial charge in [0.15, 0.2) is 11.5 Å². The van der Waals surface area contributed by atoms with E-state index in [0.717, 1.165) is 25.1 Å². The Morgan fingerprint density at radius 3 is 2.87 bits per heavy atom. The minimum absolute atomic E-state index is 0.0600. The van der Waals surface area contributed by atoms with Gasteiger partial charge in [0.05, 0.1) is 5.02 Å². The van der Waals surface area contributed by atoms with Crippen LogP contribution in [0.3, 0.4) is 0 Å². The third-order valence-electron chi connectivity index (χ3n) is 4.02. The van der Waals surface area contributed by atoms with E-state index in [1.807, 2.05) is 11.0 Å². The zero-order chi connectivity index (χ0) is 16.2. The van der Waals surface area contributed by atoms with Gasteiger partial charge in [-0.2, -0.15) is 0 Å². The molecule has 0 atom stereocenters. The molecule has 0 bridgehead atoms. The number of rotatable bonds is 6. The van der Waals surface area contributed by atoms with Gasteiger partial charge in [0.25, 0.3) is 0 Å². The summed E-state index contributed by atoms with van der Waals surface area (Å²) in [4.78, 5) is 14.3. The maximum atomic E-state index is 12.4. The van der Waals surface area contributed by atoms with Crippen LogP contribution in [0, 0.1) is 5.92 Å². The predicted octanol–water partition coefficient (Wildman–Crippen LogP) is 3.77. The van der Waals surface area contributed by atoms with Gasteiger partial charge < -0.3 is 14.4 Å². The van der Waals surface area contributed by atoms with Crippen molar-refractivity contribution < 1.29 is 14.3 Å². The summed E-state index contributed by atoms with van der Waals surface area (Å²) in [6.07, 6.45) is 6.88. The number of nitrogens with zero attached hydrogens (tertiary/aromatic N) is 1. The minimum atomic E-state index is 0.0600. The molecule has 3 rings (SSSR count). The largest absolute Gasteiger partial charge is 0.486 e. The lowest BCUT2D eigenvalue weighted by molar-refractivity contribution is -0.126. The summed E-state index contributed by atoms with van der Waals surface area (Å²) in [7, 11) is 0. The third-order valence-corrected chi connectivity index (χ3v) is 4.30. The van der Waals surface area contributed by atoms with E-state index in [9.17, 15) is 4.79 Å². The summed E-state index contributed by atoms with van der Waals surface area (Å²) in [6.45, 7) is 4.80. The van der Waals surface area contributed by atoms with Gasteiger partial charge in [0.2, 0.25) is 5.91 Å². The van der Waals surface area contributed by atoms with Gasteiger partial charge in [0, 0.05) is 19.2 Å². The molecule has 4 nitrogen and oxygen atoms in total. The van der Waals surface area contributed by atoms with Crippen molar-refractivity contribution in [2.75, 3.05) is 26.3 Å². The van der Waals surface area contributed by atoms with E-state index in [2.05, 4.69) is 6.92 Å². The van der Waals surface area contributed by atoms with Gasteiger partial charge in [-0.1, -0.05) is 18.5 Å². The fraction of sp³-hybridized carbons (Fsp3) is 0.500. The molecule has 1 aliphatic carbocycles. The second kappa shape index (κ2) is 7.26. The van der Waals surface area contributed by atoms with Crippen molar-refractivity contribution in [2.45, 2.75) is 26.2 Å². The Hall–Kier alpha value is -1.68. The molecule has 1 amide bonds. The first-order chi connectivity index (χ1) is 11.2. The average Bonchev–Trinajstić information content (AvgIpc) is 3.36. The third kappa shape index (κ3) is 4.20. The molecule has 0 radical (unpaired) electrons. The SMILES string of the molecule is CCCN(CC1CC1)C(=O)C=Cc1cc(Cl)c2c(c1)OCCO2.